The second-order valence-corrected chi connectivity index (χ2v) is 8.92. The quantitative estimate of drug-likeness (QED) is 0.389. The van der Waals surface area contributed by atoms with Gasteiger partial charge in [-0.25, -0.2) is 0 Å². The second-order valence-electron chi connectivity index (χ2n) is 8.92. The summed E-state index contributed by atoms with van der Waals surface area (Å²) in [6.45, 7) is 19.0. The molecular weight excluding hydrogens is 300 g/mol. The van der Waals surface area contributed by atoms with Crippen molar-refractivity contribution in [1.82, 2.24) is 0 Å². The molecule has 24 heavy (non-hydrogen) atoms. The molecule has 3 heteroatoms. The van der Waals surface area contributed by atoms with Gasteiger partial charge in [0.1, 0.15) is 11.5 Å². The van der Waals surface area contributed by atoms with Crippen LogP contribution in [-0.4, -0.2) is 12.6 Å². The molecule has 1 aromatic rings. The highest BCUT2D eigenvalue weighted by atomic mass is 16.5. The van der Waals surface area contributed by atoms with Gasteiger partial charge in [0, 0.05) is 0 Å². The molecule has 0 aliphatic heterocycles. The van der Waals surface area contributed by atoms with Crippen LogP contribution in [0.2, 0.25) is 0 Å². The van der Waals surface area contributed by atoms with Crippen LogP contribution in [-0.2, 0) is 4.79 Å². The minimum absolute atomic E-state index is 0.219. The van der Waals surface area contributed by atoms with Crippen LogP contribution >= 0.6 is 0 Å². The number of hydrogen-bond acceptors (Lipinski definition) is 3. The van der Waals surface area contributed by atoms with Gasteiger partial charge in [0.2, 0.25) is 0 Å². The summed E-state index contributed by atoms with van der Waals surface area (Å²) in [6, 6.07) is 1.91. The van der Waals surface area contributed by atoms with Crippen molar-refractivity contribution in [2.45, 2.75) is 75.2 Å². The Morgan fingerprint density at radius 1 is 1.00 bits per heavy atom. The van der Waals surface area contributed by atoms with Crippen molar-refractivity contribution in [2.75, 3.05) is 6.61 Å². The van der Waals surface area contributed by atoms with Crippen LogP contribution in [0.4, 0.5) is 0 Å². The SMILES string of the molecule is Cc1cc(OC(=O)C(C)(C)C)c(C)c(C)c1OCCCC(C)(C)C. The van der Waals surface area contributed by atoms with Gasteiger partial charge in [-0.05, 0) is 82.6 Å². The number of hydrogen-bond donors (Lipinski definition) is 0. The molecular formula is C21H34O3. The lowest BCUT2D eigenvalue weighted by atomic mass is 9.91. The van der Waals surface area contributed by atoms with E-state index in [1.54, 1.807) is 0 Å². The third kappa shape index (κ3) is 5.85. The zero-order valence-electron chi connectivity index (χ0n) is 16.9. The number of benzene rings is 1. The molecule has 0 aromatic heterocycles. The fourth-order valence-corrected chi connectivity index (χ4v) is 2.38. The molecule has 0 heterocycles. The van der Waals surface area contributed by atoms with Crippen molar-refractivity contribution < 1.29 is 14.3 Å². The number of ether oxygens (including phenoxy) is 2. The lowest BCUT2D eigenvalue weighted by molar-refractivity contribution is -0.143. The van der Waals surface area contributed by atoms with Crippen LogP contribution in [0, 0.1) is 31.6 Å². The first kappa shape index (κ1) is 20.5. The van der Waals surface area contributed by atoms with Crippen molar-refractivity contribution >= 4 is 5.97 Å². The predicted octanol–water partition coefficient (Wildman–Crippen LogP) is 5.77. The van der Waals surface area contributed by atoms with E-state index >= 15 is 0 Å². The Morgan fingerprint density at radius 3 is 2.08 bits per heavy atom. The number of carbonyl (C=O) groups is 1. The summed E-state index contributed by atoms with van der Waals surface area (Å²) < 4.78 is 11.6. The Morgan fingerprint density at radius 2 is 1.58 bits per heavy atom. The highest BCUT2D eigenvalue weighted by Gasteiger charge is 2.25. The van der Waals surface area contributed by atoms with E-state index in [4.69, 9.17) is 9.47 Å². The Labute approximate surface area is 147 Å². The molecule has 0 saturated carbocycles. The van der Waals surface area contributed by atoms with Crippen LogP contribution in [0.5, 0.6) is 11.5 Å². The van der Waals surface area contributed by atoms with Gasteiger partial charge in [-0.2, -0.15) is 0 Å². The van der Waals surface area contributed by atoms with Crippen molar-refractivity contribution in [1.29, 1.82) is 0 Å². The van der Waals surface area contributed by atoms with E-state index in [0.717, 1.165) is 35.3 Å². The molecule has 0 radical (unpaired) electrons. The minimum Gasteiger partial charge on any atom is -0.493 e. The molecule has 136 valence electrons. The Balaban J connectivity index is 2.87. The molecule has 0 saturated heterocycles. The van der Waals surface area contributed by atoms with E-state index in [9.17, 15) is 4.79 Å². The topological polar surface area (TPSA) is 35.5 Å². The fourth-order valence-electron chi connectivity index (χ4n) is 2.38. The molecule has 0 amide bonds. The van der Waals surface area contributed by atoms with Crippen molar-refractivity contribution in [3.05, 3.63) is 22.8 Å². The summed E-state index contributed by atoms with van der Waals surface area (Å²) in [6.07, 6.45) is 2.16. The van der Waals surface area contributed by atoms with Gasteiger partial charge in [0.05, 0.1) is 12.0 Å². The van der Waals surface area contributed by atoms with Gasteiger partial charge in [-0.3, -0.25) is 4.79 Å². The molecule has 0 unspecified atom stereocenters. The maximum absolute atomic E-state index is 12.1. The Kier molecular flexibility index (Phi) is 6.49. The average Bonchev–Trinajstić information content (AvgIpc) is 2.41. The monoisotopic (exact) mass is 334 g/mol. The molecule has 0 aliphatic carbocycles. The smallest absolute Gasteiger partial charge is 0.316 e. The number of esters is 1. The summed E-state index contributed by atoms with van der Waals surface area (Å²) in [5, 5.41) is 0. The van der Waals surface area contributed by atoms with Gasteiger partial charge in [0.25, 0.3) is 0 Å². The maximum atomic E-state index is 12.1. The minimum atomic E-state index is -0.517. The normalized spacial score (nSPS) is 12.2. The van der Waals surface area contributed by atoms with E-state index in [1.807, 2.05) is 47.6 Å². The molecule has 0 atom stereocenters. The third-order valence-corrected chi connectivity index (χ3v) is 4.11. The van der Waals surface area contributed by atoms with Crippen LogP contribution < -0.4 is 9.47 Å². The number of carbonyl (C=O) groups excluding carboxylic acids is 1. The summed E-state index contributed by atoms with van der Waals surface area (Å²) in [7, 11) is 0. The fraction of sp³-hybridized carbons (Fsp3) is 0.667. The van der Waals surface area contributed by atoms with E-state index in [-0.39, 0.29) is 5.97 Å². The van der Waals surface area contributed by atoms with Gasteiger partial charge >= 0.3 is 5.97 Å². The van der Waals surface area contributed by atoms with Crippen LogP contribution in [0.3, 0.4) is 0 Å². The standard InChI is InChI=1S/C21H34O3/c1-14-13-17(24-19(22)21(7,8)9)15(2)16(3)18(14)23-12-10-11-20(4,5)6/h13H,10-12H2,1-9H3. The van der Waals surface area contributed by atoms with Crippen LogP contribution in [0.1, 0.15) is 71.1 Å². The molecule has 1 rings (SSSR count). The molecule has 1 aromatic carbocycles. The van der Waals surface area contributed by atoms with E-state index < -0.39 is 5.41 Å². The molecule has 0 N–H and O–H groups in total. The van der Waals surface area contributed by atoms with Gasteiger partial charge in [-0.1, -0.05) is 20.8 Å². The molecule has 3 nitrogen and oxygen atoms in total. The van der Waals surface area contributed by atoms with Gasteiger partial charge in [-0.15, -0.1) is 0 Å². The van der Waals surface area contributed by atoms with Crippen molar-refractivity contribution in [3.8, 4) is 11.5 Å². The van der Waals surface area contributed by atoms with Gasteiger partial charge < -0.3 is 9.47 Å². The second kappa shape index (κ2) is 7.58. The first-order valence-electron chi connectivity index (χ1n) is 8.79. The van der Waals surface area contributed by atoms with Crippen molar-refractivity contribution in [3.63, 3.8) is 0 Å². The van der Waals surface area contributed by atoms with Gasteiger partial charge in [0.15, 0.2) is 0 Å². The van der Waals surface area contributed by atoms with E-state index in [0.29, 0.717) is 17.8 Å². The molecule has 0 fully saturated rings. The highest BCUT2D eigenvalue weighted by Crippen LogP contribution is 2.34. The number of aryl methyl sites for hydroxylation is 1. The molecule has 0 aliphatic rings. The Hall–Kier alpha value is -1.51. The largest absolute Gasteiger partial charge is 0.493 e. The van der Waals surface area contributed by atoms with Crippen LogP contribution in [0.25, 0.3) is 0 Å². The summed E-state index contributed by atoms with van der Waals surface area (Å²) >= 11 is 0. The summed E-state index contributed by atoms with van der Waals surface area (Å²) in [5.74, 6) is 1.33. The Bertz CT molecular complexity index is 587. The lowest BCUT2D eigenvalue weighted by Crippen LogP contribution is -2.26. The summed E-state index contributed by atoms with van der Waals surface area (Å²) in [4.78, 5) is 12.1. The predicted molar refractivity (Wildman–Crippen MR) is 99.9 cm³/mol. The third-order valence-electron chi connectivity index (χ3n) is 4.11. The number of rotatable bonds is 5. The van der Waals surface area contributed by atoms with E-state index in [2.05, 4.69) is 20.8 Å². The first-order valence-corrected chi connectivity index (χ1v) is 8.79. The zero-order valence-corrected chi connectivity index (χ0v) is 16.9. The lowest BCUT2D eigenvalue weighted by Gasteiger charge is -2.21. The first-order chi connectivity index (χ1) is 10.8. The highest BCUT2D eigenvalue weighted by molar-refractivity contribution is 5.78. The van der Waals surface area contributed by atoms with Crippen LogP contribution in [0.15, 0.2) is 6.07 Å². The molecule has 0 bridgehead atoms. The summed E-state index contributed by atoms with van der Waals surface area (Å²) in [5.41, 5.74) is 2.82. The van der Waals surface area contributed by atoms with Crippen molar-refractivity contribution in [2.24, 2.45) is 10.8 Å². The zero-order chi connectivity index (χ0) is 18.7. The van der Waals surface area contributed by atoms with E-state index in [1.165, 1.54) is 0 Å². The average molecular weight is 335 g/mol. The molecule has 0 spiro atoms. The maximum Gasteiger partial charge on any atom is 0.316 e.